The van der Waals surface area contributed by atoms with Gasteiger partial charge < -0.3 is 4.57 Å². The van der Waals surface area contributed by atoms with Gasteiger partial charge in [0.1, 0.15) is 0 Å². The van der Waals surface area contributed by atoms with Gasteiger partial charge in [-0.15, -0.1) is 0 Å². The van der Waals surface area contributed by atoms with E-state index in [1.807, 2.05) is 72.8 Å². The molecule has 29 heavy (non-hydrogen) atoms. The van der Waals surface area contributed by atoms with Gasteiger partial charge in [0, 0.05) is 20.4 Å². The second kappa shape index (κ2) is 7.30. The minimum atomic E-state index is -3.11. The molecule has 0 radical (unpaired) electrons. The van der Waals surface area contributed by atoms with Crippen molar-refractivity contribution in [1.29, 1.82) is 0 Å². The number of hydrogen-bond donors (Lipinski definition) is 0. The molecule has 0 saturated carbocycles. The highest BCUT2D eigenvalue weighted by Crippen LogP contribution is 2.46. The van der Waals surface area contributed by atoms with E-state index >= 15 is 4.57 Å². The maximum absolute atomic E-state index is 15.1. The summed E-state index contributed by atoms with van der Waals surface area (Å²) >= 11 is 3.51. The fraction of sp³-hybridized carbons (Fsp3) is 0. The van der Waals surface area contributed by atoms with E-state index in [1.165, 1.54) is 0 Å². The molecular weight excluding hydrogens is 439 g/mol. The van der Waals surface area contributed by atoms with E-state index < -0.39 is 7.14 Å². The van der Waals surface area contributed by atoms with Gasteiger partial charge in [0.05, 0.1) is 0 Å². The largest absolute Gasteiger partial charge is 0.309 e. The third-order valence-electron chi connectivity index (χ3n) is 5.40. The molecule has 0 spiro atoms. The van der Waals surface area contributed by atoms with Crippen LogP contribution in [-0.4, -0.2) is 0 Å². The summed E-state index contributed by atoms with van der Waals surface area (Å²) in [5, 5.41) is 6.88. The molecule has 5 aromatic rings. The number of rotatable bonds is 3. The minimum Gasteiger partial charge on any atom is -0.309 e. The summed E-state index contributed by atoms with van der Waals surface area (Å²) in [7, 11) is -3.11. The summed E-state index contributed by atoms with van der Waals surface area (Å²) in [6.07, 6.45) is 0. The van der Waals surface area contributed by atoms with Gasteiger partial charge >= 0.3 is 0 Å². The van der Waals surface area contributed by atoms with Crippen LogP contribution in [-0.2, 0) is 4.57 Å². The van der Waals surface area contributed by atoms with Crippen LogP contribution in [0.2, 0.25) is 0 Å². The zero-order valence-corrected chi connectivity index (χ0v) is 18.1. The molecule has 0 aliphatic heterocycles. The van der Waals surface area contributed by atoms with Crippen LogP contribution in [0, 0.1) is 0 Å². The number of fused-ring (bicyclic) bond motifs is 2. The molecule has 0 saturated heterocycles. The van der Waals surface area contributed by atoms with Crippen molar-refractivity contribution in [3.8, 4) is 0 Å². The first-order valence-corrected chi connectivity index (χ1v) is 12.0. The van der Waals surface area contributed by atoms with E-state index in [1.54, 1.807) is 0 Å². The van der Waals surface area contributed by atoms with Gasteiger partial charge in [-0.2, -0.15) is 0 Å². The summed E-state index contributed by atoms with van der Waals surface area (Å²) < 4.78 is 16.1. The zero-order chi connectivity index (χ0) is 19.8. The highest BCUT2D eigenvalue weighted by Gasteiger charge is 2.32. The van der Waals surface area contributed by atoms with Crippen molar-refractivity contribution >= 4 is 60.5 Å². The Kier molecular flexibility index (Phi) is 4.62. The van der Waals surface area contributed by atoms with Crippen molar-refractivity contribution in [1.82, 2.24) is 0 Å². The van der Waals surface area contributed by atoms with Crippen molar-refractivity contribution in [2.24, 2.45) is 0 Å². The lowest BCUT2D eigenvalue weighted by Gasteiger charge is -2.23. The van der Waals surface area contributed by atoms with Gasteiger partial charge in [-0.3, -0.25) is 0 Å². The number of halogens is 1. The highest BCUT2D eigenvalue weighted by atomic mass is 79.9. The van der Waals surface area contributed by atoms with Crippen LogP contribution in [0.3, 0.4) is 0 Å². The molecule has 0 bridgehead atoms. The molecule has 0 atom stereocenters. The van der Waals surface area contributed by atoms with Crippen LogP contribution in [0.1, 0.15) is 0 Å². The predicted molar refractivity (Wildman–Crippen MR) is 129 cm³/mol. The lowest BCUT2D eigenvalue weighted by molar-refractivity contribution is 0.593. The third kappa shape index (κ3) is 3.04. The molecule has 0 aliphatic carbocycles. The molecule has 0 amide bonds. The van der Waals surface area contributed by atoms with Crippen molar-refractivity contribution in [3.05, 3.63) is 114 Å². The van der Waals surface area contributed by atoms with Crippen LogP contribution in [0.5, 0.6) is 0 Å². The molecular formula is C26H18BrOP. The fourth-order valence-electron chi connectivity index (χ4n) is 4.02. The topological polar surface area (TPSA) is 17.1 Å². The van der Waals surface area contributed by atoms with Gasteiger partial charge in [-0.1, -0.05) is 101 Å². The molecule has 140 valence electrons. The first-order valence-electron chi connectivity index (χ1n) is 9.51. The van der Waals surface area contributed by atoms with Crippen LogP contribution in [0.4, 0.5) is 0 Å². The summed E-state index contributed by atoms with van der Waals surface area (Å²) in [4.78, 5) is 0. The Bertz CT molecular complexity index is 1300. The lowest BCUT2D eigenvalue weighted by atomic mass is 10.1. The van der Waals surface area contributed by atoms with E-state index in [2.05, 4.69) is 52.3 Å². The second-order valence-corrected chi connectivity index (χ2v) is 10.7. The smallest absolute Gasteiger partial charge is 0.172 e. The lowest BCUT2D eigenvalue weighted by Crippen LogP contribution is -2.26. The average molecular weight is 457 g/mol. The molecule has 5 aromatic carbocycles. The molecule has 0 fully saturated rings. The number of hydrogen-bond acceptors (Lipinski definition) is 1. The highest BCUT2D eigenvalue weighted by molar-refractivity contribution is 9.10. The van der Waals surface area contributed by atoms with E-state index in [-0.39, 0.29) is 0 Å². The zero-order valence-electron chi connectivity index (χ0n) is 15.6. The maximum atomic E-state index is 15.1. The normalized spacial score (nSPS) is 11.8. The summed E-state index contributed by atoms with van der Waals surface area (Å²) in [6, 6.07) is 36.5. The molecule has 0 N–H and O–H groups in total. The van der Waals surface area contributed by atoms with Crippen LogP contribution in [0.25, 0.3) is 21.5 Å². The molecule has 5 rings (SSSR count). The van der Waals surface area contributed by atoms with Gasteiger partial charge in [0.15, 0.2) is 7.14 Å². The standard InChI is InChI=1S/C26H18BrOP/c27-21-15-17-22(18-16-21)29(28,25-13-5-9-19-7-1-3-11-23(19)25)26-14-6-10-20-8-2-4-12-24(20)26/h1-18H. The third-order valence-corrected chi connectivity index (χ3v) is 9.09. The van der Waals surface area contributed by atoms with Crippen molar-refractivity contribution in [3.63, 3.8) is 0 Å². The Labute approximate surface area is 178 Å². The summed E-state index contributed by atoms with van der Waals surface area (Å²) in [5.41, 5.74) is 0. The van der Waals surface area contributed by atoms with Crippen LogP contribution >= 0.6 is 23.1 Å². The van der Waals surface area contributed by atoms with E-state index in [0.717, 1.165) is 41.9 Å². The maximum Gasteiger partial charge on any atom is 0.172 e. The Morgan fingerprint density at radius 3 is 1.48 bits per heavy atom. The monoisotopic (exact) mass is 456 g/mol. The van der Waals surface area contributed by atoms with Crippen LogP contribution < -0.4 is 15.9 Å². The fourth-order valence-corrected chi connectivity index (χ4v) is 7.35. The Morgan fingerprint density at radius 2 is 0.966 bits per heavy atom. The summed E-state index contributed by atoms with van der Waals surface area (Å²) in [5.74, 6) is 0. The molecule has 1 nitrogen and oxygen atoms in total. The molecule has 0 aliphatic rings. The van der Waals surface area contributed by atoms with Crippen molar-refractivity contribution < 1.29 is 4.57 Å². The van der Waals surface area contributed by atoms with Crippen LogP contribution in [0.15, 0.2) is 114 Å². The van der Waals surface area contributed by atoms with E-state index in [9.17, 15) is 0 Å². The Morgan fingerprint density at radius 1 is 0.517 bits per heavy atom. The van der Waals surface area contributed by atoms with Crippen molar-refractivity contribution in [2.45, 2.75) is 0 Å². The van der Waals surface area contributed by atoms with Gasteiger partial charge in [-0.05, 0) is 45.8 Å². The molecule has 3 heteroatoms. The minimum absolute atomic E-state index is 0.841. The summed E-state index contributed by atoms with van der Waals surface area (Å²) in [6.45, 7) is 0. The van der Waals surface area contributed by atoms with Gasteiger partial charge in [0.25, 0.3) is 0 Å². The quantitative estimate of drug-likeness (QED) is 0.287. The number of benzene rings is 5. The Hall–Kier alpha value is -2.67. The van der Waals surface area contributed by atoms with E-state index in [0.29, 0.717) is 0 Å². The predicted octanol–water partition coefficient (Wildman–Crippen LogP) is 6.39. The molecule has 0 aromatic heterocycles. The second-order valence-electron chi connectivity index (χ2n) is 7.08. The first kappa shape index (κ1) is 18.4. The molecule has 0 unspecified atom stereocenters. The molecule has 0 heterocycles. The van der Waals surface area contributed by atoms with Gasteiger partial charge in [0.2, 0.25) is 0 Å². The van der Waals surface area contributed by atoms with Gasteiger partial charge in [-0.25, -0.2) is 0 Å². The van der Waals surface area contributed by atoms with E-state index in [4.69, 9.17) is 0 Å². The first-order chi connectivity index (χ1) is 14.2. The Balaban J connectivity index is 1.93. The van der Waals surface area contributed by atoms with Crippen molar-refractivity contribution in [2.75, 3.05) is 0 Å². The average Bonchev–Trinajstić information content (AvgIpc) is 2.78. The SMILES string of the molecule is O=P(c1ccc(Br)cc1)(c1cccc2ccccc12)c1cccc2ccccc12.